The lowest BCUT2D eigenvalue weighted by Crippen LogP contribution is -2.43. The van der Waals surface area contributed by atoms with Crippen LogP contribution in [0.25, 0.3) is 0 Å². The molecule has 0 saturated carbocycles. The lowest BCUT2D eigenvalue weighted by Gasteiger charge is -2.24. The number of hydrogen-bond acceptors (Lipinski definition) is 4. The lowest BCUT2D eigenvalue weighted by atomic mass is 10.1. The number of aryl methyl sites for hydroxylation is 1. The molecule has 2 heterocycles. The van der Waals surface area contributed by atoms with Crippen LogP contribution >= 0.6 is 34.5 Å². The number of amides is 2. The van der Waals surface area contributed by atoms with Crippen LogP contribution in [0.3, 0.4) is 0 Å². The van der Waals surface area contributed by atoms with E-state index < -0.39 is 6.04 Å². The highest BCUT2D eigenvalue weighted by atomic mass is 35.5. The topological polar surface area (TPSA) is 62.3 Å². The van der Waals surface area contributed by atoms with E-state index in [1.807, 2.05) is 6.92 Å². The Balaban J connectivity index is 1.78. The van der Waals surface area contributed by atoms with E-state index >= 15 is 0 Å². The lowest BCUT2D eigenvalue weighted by molar-refractivity contribution is -0.119. The van der Waals surface area contributed by atoms with Crippen LogP contribution in [0.15, 0.2) is 24.4 Å². The molecular formula is C16H15Cl2N3O2S. The third-order valence-electron chi connectivity index (χ3n) is 3.83. The van der Waals surface area contributed by atoms with Crippen LogP contribution in [0, 0.1) is 6.92 Å². The molecule has 126 valence electrons. The van der Waals surface area contributed by atoms with Crippen molar-refractivity contribution in [3.63, 3.8) is 0 Å². The Kier molecular flexibility index (Phi) is 5.08. The van der Waals surface area contributed by atoms with E-state index in [0.717, 1.165) is 11.3 Å². The zero-order valence-corrected chi connectivity index (χ0v) is 15.2. The van der Waals surface area contributed by atoms with E-state index in [9.17, 15) is 9.59 Å². The summed E-state index contributed by atoms with van der Waals surface area (Å²) in [6.45, 7) is 2.43. The van der Waals surface area contributed by atoms with Gasteiger partial charge in [-0.3, -0.25) is 9.59 Å². The maximum Gasteiger partial charge on any atom is 0.256 e. The second-order valence-corrected chi connectivity index (χ2v) is 7.62. The first kappa shape index (κ1) is 17.2. The second kappa shape index (κ2) is 7.09. The van der Waals surface area contributed by atoms with Crippen LogP contribution < -0.4 is 5.32 Å². The van der Waals surface area contributed by atoms with Gasteiger partial charge in [-0.1, -0.05) is 23.2 Å². The van der Waals surface area contributed by atoms with Crippen molar-refractivity contribution >= 4 is 51.5 Å². The molecule has 3 rings (SSSR count). The van der Waals surface area contributed by atoms with Crippen LogP contribution in [0.2, 0.25) is 10.0 Å². The largest absolute Gasteiger partial charge is 0.327 e. The number of rotatable bonds is 3. The van der Waals surface area contributed by atoms with E-state index in [4.69, 9.17) is 23.2 Å². The highest BCUT2D eigenvalue weighted by Crippen LogP contribution is 2.27. The van der Waals surface area contributed by atoms with Crippen molar-refractivity contribution in [2.75, 3.05) is 11.9 Å². The van der Waals surface area contributed by atoms with Gasteiger partial charge < -0.3 is 10.2 Å². The van der Waals surface area contributed by atoms with Crippen molar-refractivity contribution in [2.45, 2.75) is 25.8 Å². The molecule has 2 amide bonds. The standard InChI is InChI=1S/C16H15Cl2N3O2S/c1-9-8-19-16(24-9)20-14(22)13-3-2-6-21(13)15(23)11-7-10(17)4-5-12(11)18/h4-5,7-8,13H,2-3,6H2,1H3,(H,19,20,22)/t13-/m1/s1. The summed E-state index contributed by atoms with van der Waals surface area (Å²) in [5, 5.41) is 4.08. The van der Waals surface area contributed by atoms with Gasteiger partial charge in [0.15, 0.2) is 5.13 Å². The Hall–Kier alpha value is -1.63. The highest BCUT2D eigenvalue weighted by molar-refractivity contribution is 7.15. The molecule has 0 aliphatic carbocycles. The molecule has 0 spiro atoms. The molecule has 1 aromatic carbocycles. The number of carbonyl (C=O) groups excluding carboxylic acids is 2. The predicted octanol–water partition coefficient (Wildman–Crippen LogP) is 4.00. The molecule has 1 aromatic heterocycles. The summed E-state index contributed by atoms with van der Waals surface area (Å²) in [6.07, 6.45) is 3.07. The molecule has 0 unspecified atom stereocenters. The molecule has 1 saturated heterocycles. The molecule has 2 aromatic rings. The number of anilines is 1. The van der Waals surface area contributed by atoms with Crippen molar-refractivity contribution in [1.29, 1.82) is 0 Å². The number of nitrogens with zero attached hydrogens (tertiary/aromatic N) is 2. The number of thiazole rings is 1. The predicted molar refractivity (Wildman–Crippen MR) is 96.0 cm³/mol. The normalized spacial score (nSPS) is 17.1. The summed E-state index contributed by atoms with van der Waals surface area (Å²) >= 11 is 13.5. The minimum atomic E-state index is -0.531. The van der Waals surface area contributed by atoms with E-state index in [-0.39, 0.29) is 11.8 Å². The maximum absolute atomic E-state index is 12.8. The molecule has 1 atom stereocenters. The van der Waals surface area contributed by atoms with Gasteiger partial charge in [-0.05, 0) is 38.0 Å². The van der Waals surface area contributed by atoms with E-state index in [0.29, 0.717) is 33.7 Å². The fourth-order valence-corrected chi connectivity index (χ4v) is 3.74. The highest BCUT2D eigenvalue weighted by Gasteiger charge is 2.35. The maximum atomic E-state index is 12.8. The van der Waals surface area contributed by atoms with Crippen LogP contribution in [-0.2, 0) is 4.79 Å². The fourth-order valence-electron chi connectivity index (χ4n) is 2.70. The summed E-state index contributed by atoms with van der Waals surface area (Å²) < 4.78 is 0. The number of aromatic nitrogens is 1. The van der Waals surface area contributed by atoms with E-state index in [1.54, 1.807) is 23.2 Å². The Morgan fingerprint density at radius 2 is 2.17 bits per heavy atom. The fraction of sp³-hybridized carbons (Fsp3) is 0.312. The summed E-state index contributed by atoms with van der Waals surface area (Å²) in [7, 11) is 0. The van der Waals surface area contributed by atoms with Gasteiger partial charge in [-0.25, -0.2) is 4.98 Å². The minimum absolute atomic E-state index is 0.228. The number of hydrogen-bond donors (Lipinski definition) is 1. The van der Waals surface area contributed by atoms with Crippen molar-refractivity contribution in [1.82, 2.24) is 9.88 Å². The zero-order chi connectivity index (χ0) is 17.3. The van der Waals surface area contributed by atoms with Gasteiger partial charge >= 0.3 is 0 Å². The van der Waals surface area contributed by atoms with E-state index in [2.05, 4.69) is 10.3 Å². The van der Waals surface area contributed by atoms with Crippen LogP contribution in [0.4, 0.5) is 5.13 Å². The van der Waals surface area contributed by atoms with E-state index in [1.165, 1.54) is 17.4 Å². The molecule has 1 fully saturated rings. The van der Waals surface area contributed by atoms with Crippen LogP contribution in [-0.4, -0.2) is 34.3 Å². The first-order valence-electron chi connectivity index (χ1n) is 7.45. The summed E-state index contributed by atoms with van der Waals surface area (Å²) in [4.78, 5) is 32.0. The second-order valence-electron chi connectivity index (χ2n) is 5.55. The average Bonchev–Trinajstić information content (AvgIpc) is 3.18. The quantitative estimate of drug-likeness (QED) is 0.870. The molecular weight excluding hydrogens is 369 g/mol. The first-order valence-corrected chi connectivity index (χ1v) is 9.02. The number of halogens is 2. The SMILES string of the molecule is Cc1cnc(NC(=O)[C@H]2CCCN2C(=O)c2cc(Cl)ccc2Cl)s1. The Morgan fingerprint density at radius 1 is 1.38 bits per heavy atom. The Labute approximate surface area is 153 Å². The summed E-state index contributed by atoms with van der Waals surface area (Å²) in [6, 6.07) is 4.21. The monoisotopic (exact) mass is 383 g/mol. The van der Waals surface area contributed by atoms with Gasteiger partial charge in [-0.15, -0.1) is 11.3 Å². The molecule has 1 N–H and O–H groups in total. The molecule has 5 nitrogen and oxygen atoms in total. The molecule has 0 bridgehead atoms. The minimum Gasteiger partial charge on any atom is -0.327 e. The third kappa shape index (κ3) is 3.55. The van der Waals surface area contributed by atoms with Gasteiger partial charge in [0.1, 0.15) is 6.04 Å². The number of likely N-dealkylation sites (tertiary alicyclic amines) is 1. The van der Waals surface area contributed by atoms with Gasteiger partial charge in [0.2, 0.25) is 5.91 Å². The van der Waals surface area contributed by atoms with Crippen LogP contribution in [0.1, 0.15) is 28.1 Å². The van der Waals surface area contributed by atoms with Crippen LogP contribution in [0.5, 0.6) is 0 Å². The Bertz CT molecular complexity index is 793. The average molecular weight is 384 g/mol. The number of carbonyl (C=O) groups is 2. The molecule has 1 aliphatic heterocycles. The number of nitrogens with one attached hydrogen (secondary N) is 1. The molecule has 0 radical (unpaired) electrons. The smallest absolute Gasteiger partial charge is 0.256 e. The number of benzene rings is 1. The first-order chi connectivity index (χ1) is 11.5. The molecule has 24 heavy (non-hydrogen) atoms. The van der Waals surface area contributed by atoms with Gasteiger partial charge in [0.05, 0.1) is 10.6 Å². The van der Waals surface area contributed by atoms with Crippen molar-refractivity contribution in [3.8, 4) is 0 Å². The zero-order valence-electron chi connectivity index (χ0n) is 12.9. The Morgan fingerprint density at radius 3 is 2.88 bits per heavy atom. The molecule has 1 aliphatic rings. The van der Waals surface area contributed by atoms with Crippen molar-refractivity contribution < 1.29 is 9.59 Å². The van der Waals surface area contributed by atoms with Gasteiger partial charge in [0.25, 0.3) is 5.91 Å². The third-order valence-corrected chi connectivity index (χ3v) is 5.22. The van der Waals surface area contributed by atoms with Gasteiger partial charge in [-0.2, -0.15) is 0 Å². The molecule has 8 heteroatoms. The van der Waals surface area contributed by atoms with Gasteiger partial charge in [0, 0.05) is 22.6 Å². The summed E-state index contributed by atoms with van der Waals surface area (Å²) in [5.41, 5.74) is 0.314. The van der Waals surface area contributed by atoms with Crippen molar-refractivity contribution in [2.24, 2.45) is 0 Å². The summed E-state index contributed by atoms with van der Waals surface area (Å²) in [5.74, 6) is -0.510. The van der Waals surface area contributed by atoms with Crippen molar-refractivity contribution in [3.05, 3.63) is 44.9 Å².